The molecule has 3 amide bonds. The van der Waals surface area contributed by atoms with Crippen molar-refractivity contribution < 1.29 is 9.59 Å². The molecule has 1 unspecified atom stereocenters. The van der Waals surface area contributed by atoms with E-state index in [0.717, 1.165) is 11.3 Å². The number of rotatable bonds is 4. The molecule has 5 N–H and O–H groups in total. The average Bonchev–Trinajstić information content (AvgIpc) is 2.36. The van der Waals surface area contributed by atoms with E-state index in [0.29, 0.717) is 4.99 Å². The molecule has 0 saturated carbocycles. The Bertz CT molecular complexity index is 501. The maximum atomic E-state index is 11.6. The van der Waals surface area contributed by atoms with Gasteiger partial charge in [-0.05, 0) is 31.2 Å². The number of imide groups is 1. The van der Waals surface area contributed by atoms with Crippen LogP contribution in [0.15, 0.2) is 24.3 Å². The van der Waals surface area contributed by atoms with Crippen molar-refractivity contribution in [3.8, 4) is 0 Å². The van der Waals surface area contributed by atoms with E-state index in [-0.39, 0.29) is 0 Å². The number of thiocarbonyl (C=S) groups is 1. The molecule has 1 rings (SSSR count). The monoisotopic (exact) mass is 280 g/mol. The van der Waals surface area contributed by atoms with Gasteiger partial charge in [0.1, 0.15) is 11.0 Å². The largest absolute Gasteiger partial charge is 0.389 e. The molecule has 0 aliphatic rings. The van der Waals surface area contributed by atoms with Crippen LogP contribution in [0.5, 0.6) is 0 Å². The lowest BCUT2D eigenvalue weighted by molar-refractivity contribution is -0.120. The molecular weight excluding hydrogens is 264 g/mol. The second-order valence-electron chi connectivity index (χ2n) is 4.05. The molecule has 0 bridgehead atoms. The number of anilines is 1. The third kappa shape index (κ3) is 3.92. The van der Waals surface area contributed by atoms with Gasteiger partial charge in [0.2, 0.25) is 5.91 Å². The second-order valence-corrected chi connectivity index (χ2v) is 4.49. The lowest BCUT2D eigenvalue weighted by Crippen LogP contribution is -2.47. The van der Waals surface area contributed by atoms with Crippen molar-refractivity contribution in [2.24, 2.45) is 11.5 Å². The number of urea groups is 1. The number of amides is 3. The van der Waals surface area contributed by atoms with Crippen LogP contribution in [-0.2, 0) is 4.79 Å². The van der Waals surface area contributed by atoms with Gasteiger partial charge in [-0.15, -0.1) is 0 Å². The Hall–Kier alpha value is -2.15. The number of benzene rings is 1. The number of hydrogen-bond donors (Lipinski definition) is 3. The van der Waals surface area contributed by atoms with Crippen LogP contribution in [0.25, 0.3) is 0 Å². The summed E-state index contributed by atoms with van der Waals surface area (Å²) < 4.78 is 0. The Morgan fingerprint density at radius 2 is 1.79 bits per heavy atom. The first-order chi connectivity index (χ1) is 8.82. The van der Waals surface area contributed by atoms with Crippen molar-refractivity contribution in [2.75, 3.05) is 11.9 Å². The molecule has 1 aromatic rings. The van der Waals surface area contributed by atoms with E-state index < -0.39 is 18.0 Å². The number of nitrogens with two attached hydrogens (primary N) is 2. The smallest absolute Gasteiger partial charge is 0.318 e. The third-order valence-corrected chi connectivity index (χ3v) is 3.00. The van der Waals surface area contributed by atoms with Crippen molar-refractivity contribution in [3.63, 3.8) is 0 Å². The molecule has 7 heteroatoms. The Morgan fingerprint density at radius 1 is 1.26 bits per heavy atom. The molecule has 6 nitrogen and oxygen atoms in total. The summed E-state index contributed by atoms with van der Waals surface area (Å²) in [4.78, 5) is 24.3. The molecule has 19 heavy (non-hydrogen) atoms. The van der Waals surface area contributed by atoms with Crippen LogP contribution in [0.4, 0.5) is 10.5 Å². The van der Waals surface area contributed by atoms with Crippen LogP contribution in [0.3, 0.4) is 0 Å². The van der Waals surface area contributed by atoms with Gasteiger partial charge in [-0.25, -0.2) is 4.79 Å². The van der Waals surface area contributed by atoms with E-state index in [1.807, 2.05) is 5.32 Å². The molecule has 102 valence electrons. The molecule has 0 aliphatic heterocycles. The fourth-order valence-electron chi connectivity index (χ4n) is 1.49. The number of nitrogens with zero attached hydrogens (tertiary/aromatic N) is 1. The standard InChI is InChI=1S/C12H16N4O2S/c1-7(11(17)15-12(14)18)16(2)9-5-3-8(4-6-9)10(13)19/h3-7H,1-2H3,(H2,13,19)(H3,14,15,17,18). The Morgan fingerprint density at radius 3 is 2.21 bits per heavy atom. The Balaban J connectivity index is 2.81. The van der Waals surface area contributed by atoms with E-state index >= 15 is 0 Å². The fraction of sp³-hybridized carbons (Fsp3) is 0.250. The van der Waals surface area contributed by atoms with Crippen molar-refractivity contribution >= 4 is 34.8 Å². The average molecular weight is 280 g/mol. The van der Waals surface area contributed by atoms with Crippen LogP contribution in [0, 0.1) is 0 Å². The molecule has 1 atom stereocenters. The number of likely N-dealkylation sites (N-methyl/N-ethyl adjacent to an activating group) is 1. The maximum absolute atomic E-state index is 11.6. The van der Waals surface area contributed by atoms with Gasteiger partial charge in [0, 0.05) is 18.3 Å². The van der Waals surface area contributed by atoms with E-state index in [1.165, 1.54) is 0 Å². The van der Waals surface area contributed by atoms with Gasteiger partial charge in [-0.1, -0.05) is 12.2 Å². The highest BCUT2D eigenvalue weighted by Crippen LogP contribution is 2.16. The number of carbonyl (C=O) groups is 2. The molecule has 0 fully saturated rings. The highest BCUT2D eigenvalue weighted by atomic mass is 32.1. The van der Waals surface area contributed by atoms with Gasteiger partial charge in [-0.2, -0.15) is 0 Å². The number of primary amides is 1. The van der Waals surface area contributed by atoms with Gasteiger partial charge in [-0.3, -0.25) is 10.1 Å². The normalized spacial score (nSPS) is 11.5. The molecule has 0 spiro atoms. The molecule has 0 heterocycles. The minimum Gasteiger partial charge on any atom is -0.389 e. The minimum atomic E-state index is -0.867. The van der Waals surface area contributed by atoms with Crippen LogP contribution < -0.4 is 21.7 Å². The topological polar surface area (TPSA) is 101 Å². The minimum absolute atomic E-state index is 0.314. The summed E-state index contributed by atoms with van der Waals surface area (Å²) >= 11 is 4.86. The van der Waals surface area contributed by atoms with E-state index in [9.17, 15) is 9.59 Å². The molecular formula is C12H16N4O2S. The zero-order valence-electron chi connectivity index (χ0n) is 10.7. The Labute approximate surface area is 116 Å². The lowest BCUT2D eigenvalue weighted by Gasteiger charge is -2.25. The predicted octanol–water partition coefficient (Wildman–Crippen LogP) is 0.340. The summed E-state index contributed by atoms with van der Waals surface area (Å²) in [5.74, 6) is -0.464. The van der Waals surface area contributed by atoms with Gasteiger partial charge >= 0.3 is 6.03 Å². The van der Waals surface area contributed by atoms with E-state index in [4.69, 9.17) is 23.7 Å². The number of hydrogen-bond acceptors (Lipinski definition) is 4. The van der Waals surface area contributed by atoms with Gasteiger partial charge < -0.3 is 16.4 Å². The first-order valence-electron chi connectivity index (χ1n) is 5.56. The van der Waals surface area contributed by atoms with Gasteiger partial charge in [0.05, 0.1) is 0 Å². The lowest BCUT2D eigenvalue weighted by atomic mass is 10.1. The summed E-state index contributed by atoms with van der Waals surface area (Å²) in [7, 11) is 1.74. The van der Waals surface area contributed by atoms with Crippen molar-refractivity contribution in [2.45, 2.75) is 13.0 Å². The zero-order valence-corrected chi connectivity index (χ0v) is 11.5. The highest BCUT2D eigenvalue weighted by Gasteiger charge is 2.19. The molecule has 0 radical (unpaired) electrons. The second kappa shape index (κ2) is 6.14. The highest BCUT2D eigenvalue weighted by molar-refractivity contribution is 7.80. The quantitative estimate of drug-likeness (QED) is 0.690. The summed E-state index contributed by atoms with van der Waals surface area (Å²) in [6.45, 7) is 1.67. The fourth-order valence-corrected chi connectivity index (χ4v) is 1.62. The first kappa shape index (κ1) is 14.9. The van der Waals surface area contributed by atoms with Crippen molar-refractivity contribution in [1.82, 2.24) is 5.32 Å². The summed E-state index contributed by atoms with van der Waals surface area (Å²) in [5, 5.41) is 2.04. The van der Waals surface area contributed by atoms with Crippen LogP contribution in [0.2, 0.25) is 0 Å². The summed E-state index contributed by atoms with van der Waals surface area (Å²) in [5.41, 5.74) is 12.0. The first-order valence-corrected chi connectivity index (χ1v) is 5.96. The van der Waals surface area contributed by atoms with Gasteiger partial charge in [0.15, 0.2) is 0 Å². The van der Waals surface area contributed by atoms with Crippen LogP contribution in [-0.4, -0.2) is 30.0 Å². The van der Waals surface area contributed by atoms with E-state index in [1.54, 1.807) is 43.1 Å². The molecule has 0 saturated heterocycles. The summed E-state index contributed by atoms with van der Waals surface area (Å²) in [6, 6.07) is 5.72. The molecule has 1 aromatic carbocycles. The zero-order chi connectivity index (χ0) is 14.6. The summed E-state index contributed by atoms with van der Waals surface area (Å²) in [6.07, 6.45) is 0. The Kier molecular flexibility index (Phi) is 4.82. The van der Waals surface area contributed by atoms with Gasteiger partial charge in [0.25, 0.3) is 0 Å². The molecule has 0 aliphatic carbocycles. The predicted molar refractivity (Wildman–Crippen MR) is 77.9 cm³/mol. The number of carbonyl (C=O) groups excluding carboxylic acids is 2. The van der Waals surface area contributed by atoms with Crippen LogP contribution in [0.1, 0.15) is 12.5 Å². The van der Waals surface area contributed by atoms with Crippen LogP contribution >= 0.6 is 12.2 Å². The SMILES string of the molecule is CC(C(=O)NC(N)=O)N(C)c1ccc(C(N)=S)cc1. The third-order valence-electron chi connectivity index (χ3n) is 2.77. The maximum Gasteiger partial charge on any atom is 0.318 e. The van der Waals surface area contributed by atoms with Crippen molar-refractivity contribution in [3.05, 3.63) is 29.8 Å². The number of nitrogens with one attached hydrogen (secondary N) is 1. The molecule has 0 aromatic heterocycles. The van der Waals surface area contributed by atoms with Crippen molar-refractivity contribution in [1.29, 1.82) is 0 Å². The van der Waals surface area contributed by atoms with E-state index in [2.05, 4.69) is 0 Å².